The molecule has 1 aromatic heterocycles. The molecule has 0 fully saturated rings. The molecule has 102 valence electrons. The van der Waals surface area contributed by atoms with Gasteiger partial charge in [0.25, 0.3) is 0 Å². The number of aromatic nitrogens is 2. The van der Waals surface area contributed by atoms with Gasteiger partial charge in [-0.15, -0.1) is 10.2 Å². The van der Waals surface area contributed by atoms with E-state index in [1.807, 2.05) is 6.92 Å². The van der Waals surface area contributed by atoms with Crippen molar-refractivity contribution in [2.45, 2.75) is 23.7 Å². The highest BCUT2D eigenvalue weighted by atomic mass is 32.2. The lowest BCUT2D eigenvalue weighted by Gasteiger charge is -2.10. The highest BCUT2D eigenvalue weighted by Crippen LogP contribution is 2.25. The number of carboxylic acids is 1. The molecule has 0 aromatic carbocycles. The Kier molecular flexibility index (Phi) is 6.58. The molecule has 0 aliphatic carbocycles. The van der Waals surface area contributed by atoms with Crippen LogP contribution in [0.25, 0.3) is 0 Å². The van der Waals surface area contributed by atoms with Gasteiger partial charge in [-0.3, -0.25) is 9.00 Å². The van der Waals surface area contributed by atoms with E-state index in [0.29, 0.717) is 15.2 Å². The Hall–Kier alpha value is -0.670. The van der Waals surface area contributed by atoms with Gasteiger partial charge in [0, 0.05) is 28.9 Å². The quantitative estimate of drug-likeness (QED) is 0.699. The first-order valence-electron chi connectivity index (χ1n) is 5.22. The lowest BCUT2D eigenvalue weighted by Crippen LogP contribution is -2.17. The third-order valence-electron chi connectivity index (χ3n) is 1.93. The van der Waals surface area contributed by atoms with Gasteiger partial charge in [-0.2, -0.15) is 0 Å². The summed E-state index contributed by atoms with van der Waals surface area (Å²) in [6, 6.07) is 0.166. The molecule has 2 atom stereocenters. The number of nitrogens with one attached hydrogen (secondary N) is 1. The van der Waals surface area contributed by atoms with E-state index in [2.05, 4.69) is 15.5 Å². The fourth-order valence-corrected chi connectivity index (χ4v) is 3.34. The molecule has 0 amide bonds. The SMILES string of the molecule is CC(CCS(C)=O)Nc1nnc(SCC(=O)O)s1. The predicted molar refractivity (Wildman–Crippen MR) is 74.9 cm³/mol. The third-order valence-corrected chi connectivity index (χ3v) is 4.72. The van der Waals surface area contributed by atoms with Gasteiger partial charge in [0.05, 0.1) is 5.75 Å². The second-order valence-corrected chi connectivity index (χ2v) is 7.42. The van der Waals surface area contributed by atoms with Crippen molar-refractivity contribution in [2.24, 2.45) is 0 Å². The van der Waals surface area contributed by atoms with Crippen LogP contribution in [0.1, 0.15) is 13.3 Å². The van der Waals surface area contributed by atoms with Crippen molar-refractivity contribution in [3.8, 4) is 0 Å². The molecular formula is C9H15N3O3S3. The maximum absolute atomic E-state index is 11.0. The minimum atomic E-state index is -0.872. The van der Waals surface area contributed by atoms with Gasteiger partial charge in [0.1, 0.15) is 0 Å². The van der Waals surface area contributed by atoms with Crippen molar-refractivity contribution < 1.29 is 14.1 Å². The zero-order valence-corrected chi connectivity index (χ0v) is 12.5. The number of anilines is 1. The Morgan fingerprint density at radius 2 is 2.33 bits per heavy atom. The molecule has 0 aliphatic heterocycles. The monoisotopic (exact) mass is 309 g/mol. The zero-order valence-electron chi connectivity index (χ0n) is 10.1. The average Bonchev–Trinajstić information content (AvgIpc) is 2.71. The third kappa shape index (κ3) is 6.31. The summed E-state index contributed by atoms with van der Waals surface area (Å²) in [6.07, 6.45) is 2.47. The van der Waals surface area contributed by atoms with E-state index in [1.54, 1.807) is 6.26 Å². The minimum absolute atomic E-state index is 0.0149. The minimum Gasteiger partial charge on any atom is -0.481 e. The van der Waals surface area contributed by atoms with Crippen LogP contribution >= 0.6 is 23.1 Å². The Bertz CT molecular complexity index is 424. The van der Waals surface area contributed by atoms with Gasteiger partial charge in [-0.1, -0.05) is 23.1 Å². The fraction of sp³-hybridized carbons (Fsp3) is 0.667. The molecule has 2 unspecified atom stereocenters. The second kappa shape index (κ2) is 7.70. The lowest BCUT2D eigenvalue weighted by atomic mass is 10.3. The van der Waals surface area contributed by atoms with Crippen molar-refractivity contribution in [3.05, 3.63) is 0 Å². The molecule has 2 N–H and O–H groups in total. The molecule has 0 saturated heterocycles. The van der Waals surface area contributed by atoms with E-state index in [-0.39, 0.29) is 11.8 Å². The molecular weight excluding hydrogens is 294 g/mol. The van der Waals surface area contributed by atoms with E-state index in [1.165, 1.54) is 11.3 Å². The first kappa shape index (κ1) is 15.4. The number of thioether (sulfide) groups is 1. The van der Waals surface area contributed by atoms with Crippen molar-refractivity contribution in [3.63, 3.8) is 0 Å². The highest BCUT2D eigenvalue weighted by Gasteiger charge is 2.09. The molecule has 0 spiro atoms. The van der Waals surface area contributed by atoms with E-state index in [9.17, 15) is 9.00 Å². The highest BCUT2D eigenvalue weighted by molar-refractivity contribution is 8.01. The number of aliphatic carboxylic acids is 1. The summed E-state index contributed by atoms with van der Waals surface area (Å²) in [5.74, 6) is -0.240. The lowest BCUT2D eigenvalue weighted by molar-refractivity contribution is -0.133. The molecule has 1 heterocycles. The molecule has 0 aliphatic rings. The van der Waals surface area contributed by atoms with Crippen LogP contribution < -0.4 is 5.32 Å². The molecule has 0 radical (unpaired) electrons. The van der Waals surface area contributed by atoms with Crippen LogP contribution in [0, 0.1) is 0 Å². The van der Waals surface area contributed by atoms with Crippen LogP contribution in [-0.2, 0) is 15.6 Å². The van der Waals surface area contributed by atoms with Crippen molar-refractivity contribution in [2.75, 3.05) is 23.1 Å². The summed E-state index contributed by atoms with van der Waals surface area (Å²) in [5.41, 5.74) is 0. The van der Waals surface area contributed by atoms with Crippen molar-refractivity contribution in [1.82, 2.24) is 10.2 Å². The summed E-state index contributed by atoms with van der Waals surface area (Å²) in [4.78, 5) is 10.4. The molecule has 1 rings (SSSR count). The van der Waals surface area contributed by atoms with Gasteiger partial charge in [0.15, 0.2) is 4.34 Å². The first-order valence-corrected chi connectivity index (χ1v) is 8.75. The maximum Gasteiger partial charge on any atom is 0.313 e. The van der Waals surface area contributed by atoms with Crippen molar-refractivity contribution in [1.29, 1.82) is 0 Å². The predicted octanol–water partition coefficient (Wildman–Crippen LogP) is 1.28. The van der Waals surface area contributed by atoms with E-state index >= 15 is 0 Å². The standard InChI is InChI=1S/C9H15N3O3S3/c1-6(3-4-18(2)15)10-8-11-12-9(17-8)16-5-7(13)14/h6H,3-5H2,1-2H3,(H,10,11)(H,13,14). The largest absolute Gasteiger partial charge is 0.481 e. The Balaban J connectivity index is 2.38. The molecule has 18 heavy (non-hydrogen) atoms. The summed E-state index contributed by atoms with van der Waals surface area (Å²) in [6.45, 7) is 1.98. The number of hydrogen-bond acceptors (Lipinski definition) is 7. The van der Waals surface area contributed by atoms with Crippen LogP contribution in [0.5, 0.6) is 0 Å². The number of carboxylic acid groups (broad SMARTS) is 1. The zero-order chi connectivity index (χ0) is 13.5. The molecule has 6 nitrogen and oxygen atoms in total. The number of rotatable bonds is 8. The molecule has 9 heteroatoms. The van der Waals surface area contributed by atoms with E-state index in [0.717, 1.165) is 18.2 Å². The van der Waals surface area contributed by atoms with Crippen LogP contribution in [-0.4, -0.2) is 49.3 Å². The first-order chi connectivity index (χ1) is 8.47. The van der Waals surface area contributed by atoms with Gasteiger partial charge in [-0.05, 0) is 13.3 Å². The van der Waals surface area contributed by atoms with Crippen LogP contribution in [0.15, 0.2) is 4.34 Å². The smallest absolute Gasteiger partial charge is 0.313 e. The topological polar surface area (TPSA) is 92.2 Å². The molecule has 1 aromatic rings. The Morgan fingerprint density at radius 1 is 1.61 bits per heavy atom. The Morgan fingerprint density at radius 3 is 2.94 bits per heavy atom. The number of nitrogens with zero attached hydrogens (tertiary/aromatic N) is 2. The normalized spacial score (nSPS) is 14.1. The van der Waals surface area contributed by atoms with Gasteiger partial charge < -0.3 is 10.4 Å². The van der Waals surface area contributed by atoms with Gasteiger partial charge in [-0.25, -0.2) is 0 Å². The number of carbonyl (C=O) groups is 1. The summed E-state index contributed by atoms with van der Waals surface area (Å²) < 4.78 is 11.6. The fourth-order valence-electron chi connectivity index (χ4n) is 1.08. The Labute approximate surface area is 116 Å². The van der Waals surface area contributed by atoms with Crippen LogP contribution in [0.2, 0.25) is 0 Å². The van der Waals surface area contributed by atoms with Crippen LogP contribution in [0.4, 0.5) is 5.13 Å². The average molecular weight is 309 g/mol. The van der Waals surface area contributed by atoms with E-state index in [4.69, 9.17) is 5.11 Å². The molecule has 0 saturated carbocycles. The number of hydrogen-bond donors (Lipinski definition) is 2. The molecule has 0 bridgehead atoms. The van der Waals surface area contributed by atoms with Gasteiger partial charge >= 0.3 is 5.97 Å². The van der Waals surface area contributed by atoms with E-state index < -0.39 is 16.8 Å². The summed E-state index contributed by atoms with van der Waals surface area (Å²) >= 11 is 2.48. The summed E-state index contributed by atoms with van der Waals surface area (Å²) in [5, 5.41) is 20.2. The van der Waals surface area contributed by atoms with Gasteiger partial charge in [0.2, 0.25) is 5.13 Å². The van der Waals surface area contributed by atoms with Crippen LogP contribution in [0.3, 0.4) is 0 Å². The summed E-state index contributed by atoms with van der Waals surface area (Å²) in [7, 11) is -0.789. The maximum atomic E-state index is 11.0. The van der Waals surface area contributed by atoms with Crippen molar-refractivity contribution >= 4 is 45.0 Å². The second-order valence-electron chi connectivity index (χ2n) is 3.67.